The number of thiazole rings is 1. The lowest BCUT2D eigenvalue weighted by atomic mass is 10.1. The number of benzene rings is 2. The van der Waals surface area contributed by atoms with Gasteiger partial charge in [-0.3, -0.25) is 14.4 Å². The molecule has 42 heavy (non-hydrogen) atoms. The first-order valence-electron chi connectivity index (χ1n) is 12.5. The summed E-state index contributed by atoms with van der Waals surface area (Å²) in [7, 11) is 0. The summed E-state index contributed by atoms with van der Waals surface area (Å²) < 4.78 is 35.0. The van der Waals surface area contributed by atoms with E-state index in [0.29, 0.717) is 21.0 Å². The molecule has 14 heteroatoms. The number of allylic oxidation sites excluding steroid dienone is 1. The summed E-state index contributed by atoms with van der Waals surface area (Å²) in [6, 6.07) is 10.1. The van der Waals surface area contributed by atoms with Crippen LogP contribution < -0.4 is 26.7 Å². The molecule has 4 aromatic rings. The van der Waals surface area contributed by atoms with Crippen LogP contribution in [0.15, 0.2) is 71.7 Å². The van der Waals surface area contributed by atoms with Crippen LogP contribution in [0.5, 0.6) is 5.75 Å². The molecule has 0 aliphatic heterocycles. The van der Waals surface area contributed by atoms with Gasteiger partial charge in [0.2, 0.25) is 11.8 Å². The second-order valence-corrected chi connectivity index (χ2v) is 10.0. The van der Waals surface area contributed by atoms with Crippen molar-refractivity contribution in [2.45, 2.75) is 32.0 Å². The number of carbonyl (C=O) groups is 3. The van der Waals surface area contributed by atoms with E-state index in [2.05, 4.69) is 15.6 Å². The maximum atomic E-state index is 14.0. The molecule has 5 N–H and O–H groups in total. The van der Waals surface area contributed by atoms with Crippen molar-refractivity contribution in [1.29, 1.82) is 0 Å². The molecule has 0 fully saturated rings. The topological polar surface area (TPSA) is 166 Å². The second kappa shape index (κ2) is 13.5. The third kappa shape index (κ3) is 7.75. The lowest BCUT2D eigenvalue weighted by molar-refractivity contribution is -0.118. The molecule has 4 rings (SSSR count). The summed E-state index contributed by atoms with van der Waals surface area (Å²) in [5.41, 5.74) is 5.19. The summed E-state index contributed by atoms with van der Waals surface area (Å²) in [4.78, 5) is 52.5. The van der Waals surface area contributed by atoms with Crippen LogP contribution in [0, 0.1) is 11.6 Å². The number of amides is 3. The molecule has 218 valence electrons. The van der Waals surface area contributed by atoms with Gasteiger partial charge in [-0.15, -0.1) is 11.3 Å². The summed E-state index contributed by atoms with van der Waals surface area (Å²) in [6.07, 6.45) is 2.81. The lowest BCUT2D eigenvalue weighted by Crippen LogP contribution is -2.44. The Bertz CT molecular complexity index is 1720. The number of anilines is 1. The van der Waals surface area contributed by atoms with Gasteiger partial charge in [-0.1, -0.05) is 12.1 Å². The van der Waals surface area contributed by atoms with Gasteiger partial charge in [0, 0.05) is 17.8 Å². The van der Waals surface area contributed by atoms with E-state index in [9.17, 15) is 28.0 Å². The maximum absolute atomic E-state index is 14.0. The van der Waals surface area contributed by atoms with E-state index < -0.39 is 41.1 Å². The normalized spacial score (nSPS) is 11.9. The summed E-state index contributed by atoms with van der Waals surface area (Å²) in [6.45, 7) is -0.0680. The van der Waals surface area contributed by atoms with Crippen LogP contribution >= 0.6 is 11.3 Å². The third-order valence-corrected chi connectivity index (χ3v) is 6.99. The minimum Gasteiger partial charge on any atom is -0.487 e. The fourth-order valence-electron chi connectivity index (χ4n) is 3.95. The van der Waals surface area contributed by atoms with Crippen molar-refractivity contribution >= 4 is 45.1 Å². The number of aromatic nitrogens is 2. The Morgan fingerprint density at radius 2 is 1.98 bits per heavy atom. The minimum absolute atomic E-state index is 0.0207. The molecular weight excluding hydrogens is 572 g/mol. The van der Waals surface area contributed by atoms with Crippen LogP contribution in [-0.4, -0.2) is 38.6 Å². The standard InChI is InChI=1S/C28H25F2N5O6S/c29-17-11-10-16(18(30)13-17)15-41-22-8-3-6-19-25(22)42-24(32-19)14-35-12-4-7-21(27(35)38)33-26(37)20(34-28(39)40)5-1-2-9-23(31)36/h2-4,6-13,20,34H,1,5,14-15H2,(H2,31,36)(H,33,37)(H,39,40). The Labute approximate surface area is 241 Å². The monoisotopic (exact) mass is 597 g/mol. The van der Waals surface area contributed by atoms with Gasteiger partial charge in [-0.25, -0.2) is 18.6 Å². The van der Waals surface area contributed by atoms with Crippen molar-refractivity contribution in [3.63, 3.8) is 0 Å². The number of hydrogen-bond donors (Lipinski definition) is 4. The second-order valence-electron chi connectivity index (χ2n) is 8.96. The average Bonchev–Trinajstić information content (AvgIpc) is 3.35. The third-order valence-electron chi connectivity index (χ3n) is 5.92. The highest BCUT2D eigenvalue weighted by Crippen LogP contribution is 2.32. The number of pyridine rings is 1. The predicted molar refractivity (Wildman–Crippen MR) is 151 cm³/mol. The first kappa shape index (κ1) is 29.9. The Balaban J connectivity index is 1.48. The summed E-state index contributed by atoms with van der Waals surface area (Å²) >= 11 is 1.26. The molecule has 0 saturated carbocycles. The highest BCUT2D eigenvalue weighted by atomic mass is 32.1. The van der Waals surface area contributed by atoms with Crippen LogP contribution in [-0.2, 0) is 22.7 Å². The Hall–Kier alpha value is -5.11. The van der Waals surface area contributed by atoms with Crippen molar-refractivity contribution < 1.29 is 33.0 Å². The molecule has 1 atom stereocenters. The van der Waals surface area contributed by atoms with Crippen molar-refractivity contribution in [3.05, 3.63) is 99.4 Å². The van der Waals surface area contributed by atoms with Gasteiger partial charge < -0.3 is 30.8 Å². The Morgan fingerprint density at radius 1 is 1.17 bits per heavy atom. The highest BCUT2D eigenvalue weighted by Gasteiger charge is 2.21. The molecule has 3 amide bonds. The predicted octanol–water partition coefficient (Wildman–Crippen LogP) is 3.76. The first-order valence-corrected chi connectivity index (χ1v) is 13.3. The number of carboxylic acid groups (broad SMARTS) is 1. The zero-order valence-corrected chi connectivity index (χ0v) is 22.7. The maximum Gasteiger partial charge on any atom is 0.405 e. The molecule has 2 aromatic carbocycles. The van der Waals surface area contributed by atoms with E-state index in [4.69, 9.17) is 15.6 Å². The molecule has 0 radical (unpaired) electrons. The van der Waals surface area contributed by atoms with E-state index in [1.165, 1.54) is 40.3 Å². The zero-order chi connectivity index (χ0) is 30.2. The van der Waals surface area contributed by atoms with Crippen LogP contribution in [0.3, 0.4) is 0 Å². The van der Waals surface area contributed by atoms with E-state index in [-0.39, 0.29) is 37.2 Å². The van der Waals surface area contributed by atoms with E-state index >= 15 is 0 Å². The number of nitrogens with two attached hydrogens (primary N) is 1. The van der Waals surface area contributed by atoms with Gasteiger partial charge >= 0.3 is 6.09 Å². The largest absolute Gasteiger partial charge is 0.487 e. The molecule has 2 heterocycles. The molecule has 11 nitrogen and oxygen atoms in total. The van der Waals surface area contributed by atoms with Crippen molar-refractivity contribution in [2.24, 2.45) is 5.73 Å². The Kier molecular flexibility index (Phi) is 9.60. The molecule has 0 aliphatic carbocycles. The number of nitrogens with zero attached hydrogens (tertiary/aromatic N) is 2. The summed E-state index contributed by atoms with van der Waals surface area (Å²) in [5, 5.41) is 14.2. The number of ether oxygens (including phenoxy) is 1. The molecule has 0 saturated heterocycles. The van der Waals surface area contributed by atoms with Gasteiger partial charge in [-0.05, 0) is 55.3 Å². The number of nitrogens with one attached hydrogen (secondary N) is 2. The molecule has 0 bridgehead atoms. The number of halogens is 2. The summed E-state index contributed by atoms with van der Waals surface area (Å²) in [5.74, 6) is -2.39. The van der Waals surface area contributed by atoms with Crippen molar-refractivity contribution in [3.8, 4) is 5.75 Å². The number of primary amides is 1. The molecule has 1 unspecified atom stereocenters. The Morgan fingerprint density at radius 3 is 2.71 bits per heavy atom. The number of fused-ring (bicyclic) bond motifs is 1. The smallest absolute Gasteiger partial charge is 0.405 e. The molecule has 0 aliphatic rings. The van der Waals surface area contributed by atoms with Gasteiger partial charge in [0.1, 0.15) is 40.7 Å². The van der Waals surface area contributed by atoms with E-state index in [1.54, 1.807) is 24.3 Å². The van der Waals surface area contributed by atoms with Crippen LogP contribution in [0.4, 0.5) is 19.3 Å². The van der Waals surface area contributed by atoms with Crippen molar-refractivity contribution in [1.82, 2.24) is 14.9 Å². The minimum atomic E-state index is -1.43. The zero-order valence-electron chi connectivity index (χ0n) is 21.9. The molecule has 0 spiro atoms. The molecular formula is C28H25F2N5O6S. The van der Waals surface area contributed by atoms with Crippen LogP contribution in [0.25, 0.3) is 10.2 Å². The van der Waals surface area contributed by atoms with E-state index in [0.717, 1.165) is 18.2 Å². The van der Waals surface area contributed by atoms with Crippen LogP contribution in [0.1, 0.15) is 23.4 Å². The van der Waals surface area contributed by atoms with Crippen LogP contribution in [0.2, 0.25) is 0 Å². The fraction of sp³-hybridized carbons (Fsp3) is 0.179. The van der Waals surface area contributed by atoms with Gasteiger partial charge in [0.05, 0.1) is 16.8 Å². The first-order chi connectivity index (χ1) is 20.1. The average molecular weight is 598 g/mol. The SMILES string of the molecule is NC(=O)C=CCCC(NC(=O)O)C(=O)Nc1cccn(Cc2nc3cccc(OCc4ccc(F)cc4F)c3s2)c1=O. The van der Waals surface area contributed by atoms with Gasteiger partial charge in [-0.2, -0.15) is 0 Å². The van der Waals surface area contributed by atoms with Gasteiger partial charge in [0.15, 0.2) is 0 Å². The number of carbonyl (C=O) groups excluding carboxylic acids is 2. The number of hydrogen-bond acceptors (Lipinski definition) is 7. The fourth-order valence-corrected chi connectivity index (χ4v) is 4.98. The lowest BCUT2D eigenvalue weighted by Gasteiger charge is -2.16. The van der Waals surface area contributed by atoms with Crippen molar-refractivity contribution in [2.75, 3.05) is 5.32 Å². The molecule has 2 aromatic heterocycles. The highest BCUT2D eigenvalue weighted by molar-refractivity contribution is 7.19. The van der Waals surface area contributed by atoms with E-state index in [1.807, 2.05) is 0 Å². The van der Waals surface area contributed by atoms with Gasteiger partial charge in [0.25, 0.3) is 5.56 Å². The quantitative estimate of drug-likeness (QED) is 0.181. The number of rotatable bonds is 12.